The molecular weight excluding hydrogens is 194 g/mol. The van der Waals surface area contributed by atoms with Crippen molar-refractivity contribution >= 4 is 17.1 Å². The van der Waals surface area contributed by atoms with Crippen LogP contribution in [0.15, 0.2) is 22.7 Å². The van der Waals surface area contributed by atoms with E-state index in [9.17, 15) is 4.79 Å². The van der Waals surface area contributed by atoms with Crippen molar-refractivity contribution in [1.29, 1.82) is 0 Å². The lowest BCUT2D eigenvalue weighted by molar-refractivity contribution is 0.0696. The molecule has 1 N–H and O–H groups in total. The van der Waals surface area contributed by atoms with Gasteiger partial charge in [0.1, 0.15) is 16.8 Å². The highest BCUT2D eigenvalue weighted by Crippen LogP contribution is 2.24. The second-order valence-electron chi connectivity index (χ2n) is 3.31. The number of aromatic carboxylic acids is 1. The number of hydrogen-bond acceptors (Lipinski definition) is 3. The summed E-state index contributed by atoms with van der Waals surface area (Å²) in [6.45, 7) is 1.98. The van der Waals surface area contributed by atoms with Gasteiger partial charge in [0, 0.05) is 12.6 Å². The number of fused-ring (bicyclic) bond motifs is 1. The third-order valence-electron chi connectivity index (χ3n) is 2.21. The first-order chi connectivity index (χ1) is 7.24. The van der Waals surface area contributed by atoms with E-state index < -0.39 is 5.97 Å². The smallest absolute Gasteiger partial charge is 0.341 e. The maximum Gasteiger partial charge on any atom is 0.341 e. The Labute approximate surface area is 86.5 Å². The Balaban J connectivity index is 2.69. The molecule has 0 unspecified atom stereocenters. The van der Waals surface area contributed by atoms with Gasteiger partial charge in [0.05, 0.1) is 0 Å². The summed E-state index contributed by atoms with van der Waals surface area (Å²) in [5, 5.41) is 9.08. The standard InChI is InChI=1S/C11H11NO3/c1-2-4-7-9(11(13)14)10-8(15-7)5-3-6-12-10/h3,5-6H,2,4H2,1H3,(H,13,14). The molecule has 0 amide bonds. The Bertz CT molecular complexity index is 502. The van der Waals surface area contributed by atoms with Gasteiger partial charge in [-0.05, 0) is 18.6 Å². The van der Waals surface area contributed by atoms with E-state index in [2.05, 4.69) is 4.98 Å². The first-order valence-electron chi connectivity index (χ1n) is 4.83. The van der Waals surface area contributed by atoms with Crippen LogP contribution in [-0.4, -0.2) is 16.1 Å². The highest BCUT2D eigenvalue weighted by Gasteiger charge is 2.20. The molecule has 0 atom stereocenters. The minimum atomic E-state index is -0.976. The van der Waals surface area contributed by atoms with Crippen LogP contribution >= 0.6 is 0 Å². The van der Waals surface area contributed by atoms with E-state index in [0.29, 0.717) is 23.3 Å². The summed E-state index contributed by atoms with van der Waals surface area (Å²) < 4.78 is 5.46. The maximum absolute atomic E-state index is 11.1. The summed E-state index contributed by atoms with van der Waals surface area (Å²) in [5.41, 5.74) is 1.18. The largest absolute Gasteiger partial charge is 0.477 e. The van der Waals surface area contributed by atoms with Gasteiger partial charge < -0.3 is 9.52 Å². The van der Waals surface area contributed by atoms with Gasteiger partial charge in [-0.1, -0.05) is 6.92 Å². The van der Waals surface area contributed by atoms with Crippen LogP contribution in [-0.2, 0) is 6.42 Å². The van der Waals surface area contributed by atoms with Crippen LogP contribution in [0.2, 0.25) is 0 Å². The number of carboxylic acids is 1. The summed E-state index contributed by atoms with van der Waals surface area (Å²) >= 11 is 0. The molecule has 0 spiro atoms. The maximum atomic E-state index is 11.1. The van der Waals surface area contributed by atoms with Crippen molar-refractivity contribution in [3.8, 4) is 0 Å². The third-order valence-corrected chi connectivity index (χ3v) is 2.21. The average Bonchev–Trinajstić information content (AvgIpc) is 2.56. The quantitative estimate of drug-likeness (QED) is 0.836. The molecule has 0 aliphatic heterocycles. The van der Waals surface area contributed by atoms with Crippen molar-refractivity contribution in [2.75, 3.05) is 0 Å². The lowest BCUT2D eigenvalue weighted by Gasteiger charge is -1.94. The first kappa shape index (κ1) is 9.71. The van der Waals surface area contributed by atoms with E-state index in [0.717, 1.165) is 6.42 Å². The fourth-order valence-corrected chi connectivity index (χ4v) is 1.60. The van der Waals surface area contributed by atoms with Crippen molar-refractivity contribution < 1.29 is 14.3 Å². The zero-order valence-corrected chi connectivity index (χ0v) is 8.36. The first-order valence-corrected chi connectivity index (χ1v) is 4.83. The molecule has 2 rings (SSSR count). The number of nitrogens with zero attached hydrogens (tertiary/aromatic N) is 1. The summed E-state index contributed by atoms with van der Waals surface area (Å²) in [6.07, 6.45) is 3.04. The van der Waals surface area contributed by atoms with E-state index in [1.54, 1.807) is 18.3 Å². The predicted molar refractivity (Wildman–Crippen MR) is 55.0 cm³/mol. The van der Waals surface area contributed by atoms with Crippen molar-refractivity contribution in [1.82, 2.24) is 4.98 Å². The molecule has 2 heterocycles. The molecule has 78 valence electrons. The Morgan fingerprint density at radius 3 is 3.07 bits per heavy atom. The number of carboxylic acid groups (broad SMARTS) is 1. The number of furan rings is 1. The van der Waals surface area contributed by atoms with E-state index in [1.807, 2.05) is 6.92 Å². The molecule has 0 saturated heterocycles. The van der Waals surface area contributed by atoms with E-state index >= 15 is 0 Å². The Morgan fingerprint density at radius 2 is 2.40 bits per heavy atom. The lowest BCUT2D eigenvalue weighted by Crippen LogP contribution is -1.99. The van der Waals surface area contributed by atoms with Gasteiger partial charge in [0.15, 0.2) is 5.58 Å². The molecule has 0 saturated carbocycles. The number of hydrogen-bond donors (Lipinski definition) is 1. The zero-order chi connectivity index (χ0) is 10.8. The molecule has 2 aromatic heterocycles. The fourth-order valence-electron chi connectivity index (χ4n) is 1.60. The molecule has 2 aromatic rings. The molecule has 15 heavy (non-hydrogen) atoms. The summed E-state index contributed by atoms with van der Waals surface area (Å²) in [4.78, 5) is 15.1. The summed E-state index contributed by atoms with van der Waals surface area (Å²) in [7, 11) is 0. The number of pyridine rings is 1. The Hall–Kier alpha value is -1.84. The molecule has 0 bridgehead atoms. The number of aromatic nitrogens is 1. The van der Waals surface area contributed by atoms with Crippen molar-refractivity contribution in [3.05, 3.63) is 29.7 Å². The Kier molecular flexibility index (Phi) is 2.41. The molecule has 0 aliphatic carbocycles. The zero-order valence-electron chi connectivity index (χ0n) is 8.36. The minimum Gasteiger partial charge on any atom is -0.477 e. The number of aryl methyl sites for hydroxylation is 1. The van der Waals surface area contributed by atoms with E-state index in [4.69, 9.17) is 9.52 Å². The molecule has 4 heteroatoms. The number of carbonyl (C=O) groups is 1. The second-order valence-corrected chi connectivity index (χ2v) is 3.31. The molecule has 0 radical (unpaired) electrons. The van der Waals surface area contributed by atoms with Crippen LogP contribution in [0.1, 0.15) is 29.5 Å². The van der Waals surface area contributed by atoms with Crippen molar-refractivity contribution in [3.63, 3.8) is 0 Å². The molecule has 0 fully saturated rings. The van der Waals surface area contributed by atoms with Gasteiger partial charge >= 0.3 is 5.97 Å². The number of rotatable bonds is 3. The Morgan fingerprint density at radius 1 is 1.60 bits per heavy atom. The van der Waals surface area contributed by atoms with Crippen LogP contribution in [0.3, 0.4) is 0 Å². The minimum absolute atomic E-state index is 0.201. The molecule has 0 aliphatic rings. The van der Waals surface area contributed by atoms with Crippen molar-refractivity contribution in [2.45, 2.75) is 19.8 Å². The second kappa shape index (κ2) is 3.73. The monoisotopic (exact) mass is 205 g/mol. The van der Waals surface area contributed by atoms with Crippen LogP contribution in [0.25, 0.3) is 11.1 Å². The van der Waals surface area contributed by atoms with Gasteiger partial charge in [0.2, 0.25) is 0 Å². The topological polar surface area (TPSA) is 63.3 Å². The van der Waals surface area contributed by atoms with Gasteiger partial charge in [-0.25, -0.2) is 4.79 Å². The lowest BCUT2D eigenvalue weighted by atomic mass is 10.1. The fraction of sp³-hybridized carbons (Fsp3) is 0.273. The van der Waals surface area contributed by atoms with Crippen molar-refractivity contribution in [2.24, 2.45) is 0 Å². The van der Waals surface area contributed by atoms with Gasteiger partial charge in [-0.2, -0.15) is 0 Å². The van der Waals surface area contributed by atoms with Gasteiger partial charge in [-0.3, -0.25) is 4.98 Å². The van der Waals surface area contributed by atoms with Crippen LogP contribution in [0, 0.1) is 0 Å². The molecular formula is C11H11NO3. The van der Waals surface area contributed by atoms with Crippen LogP contribution in [0.5, 0.6) is 0 Å². The average molecular weight is 205 g/mol. The molecule has 4 nitrogen and oxygen atoms in total. The predicted octanol–water partition coefficient (Wildman–Crippen LogP) is 2.48. The molecule has 0 aromatic carbocycles. The SMILES string of the molecule is CCCc1oc2cccnc2c1C(=O)O. The summed E-state index contributed by atoms with van der Waals surface area (Å²) in [5.74, 6) is -0.463. The van der Waals surface area contributed by atoms with Gasteiger partial charge in [-0.15, -0.1) is 0 Å². The van der Waals surface area contributed by atoms with Crippen LogP contribution in [0.4, 0.5) is 0 Å². The van der Waals surface area contributed by atoms with E-state index in [-0.39, 0.29) is 5.56 Å². The van der Waals surface area contributed by atoms with Gasteiger partial charge in [0.25, 0.3) is 0 Å². The highest BCUT2D eigenvalue weighted by atomic mass is 16.4. The summed E-state index contributed by atoms with van der Waals surface area (Å²) in [6, 6.07) is 3.46. The normalized spacial score (nSPS) is 10.7. The van der Waals surface area contributed by atoms with Crippen LogP contribution < -0.4 is 0 Å². The third kappa shape index (κ3) is 1.58. The highest BCUT2D eigenvalue weighted by molar-refractivity contribution is 6.01. The van der Waals surface area contributed by atoms with E-state index in [1.165, 1.54) is 0 Å².